The third kappa shape index (κ3) is 2.26. The van der Waals surface area contributed by atoms with Gasteiger partial charge in [0.2, 0.25) is 5.78 Å². The Morgan fingerprint density at radius 2 is 1.86 bits per heavy atom. The third-order valence-corrected chi connectivity index (χ3v) is 6.04. The van der Waals surface area contributed by atoms with E-state index in [4.69, 9.17) is 11.5 Å². The average Bonchev–Trinajstić information content (AvgIpc) is 2.62. The first-order valence-corrected chi connectivity index (χ1v) is 8.77. The Kier molecular flexibility index (Phi) is 3.79. The first-order chi connectivity index (χ1) is 13.5. The summed E-state index contributed by atoms with van der Waals surface area (Å²) in [4.78, 5) is 37.3. The highest BCUT2D eigenvalue weighted by molar-refractivity contribution is 6.24. The molecule has 8 N–H and O–H groups in total. The van der Waals surface area contributed by atoms with Crippen LogP contribution in [0.5, 0.6) is 5.75 Å². The number of hydrogen-bond acceptors (Lipinski definition) is 8. The summed E-state index contributed by atoms with van der Waals surface area (Å²) in [6.45, 7) is 0. The number of rotatable bonds is 1. The molecule has 0 aromatic heterocycles. The molecule has 0 fully saturated rings. The van der Waals surface area contributed by atoms with Gasteiger partial charge in [-0.25, -0.2) is 4.39 Å². The molecule has 0 aliphatic heterocycles. The van der Waals surface area contributed by atoms with Crippen LogP contribution in [-0.2, 0) is 16.0 Å². The fraction of sp³-hybridized carbons (Fsp3) is 0.316. The van der Waals surface area contributed by atoms with E-state index in [1.165, 1.54) is 0 Å². The van der Waals surface area contributed by atoms with Gasteiger partial charge in [0.15, 0.2) is 17.1 Å². The number of phenolic OH excluding ortho intramolecular Hbond substituents is 1. The zero-order valence-electron chi connectivity index (χ0n) is 14.9. The summed E-state index contributed by atoms with van der Waals surface area (Å²) in [6.07, 6.45) is -0.314. The lowest BCUT2D eigenvalue weighted by molar-refractivity contribution is -0.144. The lowest BCUT2D eigenvalue weighted by Gasteiger charge is -2.45. The Morgan fingerprint density at radius 3 is 2.48 bits per heavy atom. The van der Waals surface area contributed by atoms with Gasteiger partial charge in [0.25, 0.3) is 5.91 Å². The van der Waals surface area contributed by atoms with Crippen LogP contribution in [-0.4, -0.2) is 43.5 Å². The number of anilines is 1. The van der Waals surface area contributed by atoms with Gasteiger partial charge < -0.3 is 31.9 Å². The van der Waals surface area contributed by atoms with Crippen LogP contribution < -0.4 is 11.5 Å². The largest absolute Gasteiger partial charge is 0.511 e. The van der Waals surface area contributed by atoms with E-state index in [0.29, 0.717) is 0 Å². The first-order valence-electron chi connectivity index (χ1n) is 8.77. The smallest absolute Gasteiger partial charge is 0.255 e. The molecule has 0 unspecified atom stereocenters. The van der Waals surface area contributed by atoms with Crippen molar-refractivity contribution in [2.24, 2.45) is 17.6 Å². The molecule has 9 nitrogen and oxygen atoms in total. The molecule has 0 bridgehead atoms. The van der Waals surface area contributed by atoms with Gasteiger partial charge in [-0.15, -0.1) is 0 Å². The number of allylic oxidation sites excluding steroid dienone is 2. The second kappa shape index (κ2) is 5.80. The first kappa shape index (κ1) is 18.9. The number of Topliss-reactive ketones (excluding diaryl/α,β-unsaturated/α-hetero) is 2. The van der Waals surface area contributed by atoms with Gasteiger partial charge in [-0.1, -0.05) is 0 Å². The molecule has 0 spiro atoms. The van der Waals surface area contributed by atoms with Crippen LogP contribution in [0.4, 0.5) is 10.1 Å². The Bertz CT molecular complexity index is 1090. The minimum absolute atomic E-state index is 0.0182. The fourth-order valence-corrected chi connectivity index (χ4v) is 4.65. The highest BCUT2D eigenvalue weighted by Gasteiger charge is 2.59. The average molecular weight is 404 g/mol. The van der Waals surface area contributed by atoms with Gasteiger partial charge in [0.1, 0.15) is 28.6 Å². The molecule has 1 amide bonds. The molecule has 3 aliphatic carbocycles. The fourth-order valence-electron chi connectivity index (χ4n) is 4.65. The van der Waals surface area contributed by atoms with Crippen LogP contribution in [0, 0.1) is 17.7 Å². The van der Waals surface area contributed by atoms with E-state index < -0.39 is 69.3 Å². The molecule has 1 aromatic rings. The zero-order chi connectivity index (χ0) is 21.4. The molecule has 4 rings (SSSR count). The summed E-state index contributed by atoms with van der Waals surface area (Å²) in [5.74, 6) is -8.49. The van der Waals surface area contributed by atoms with E-state index in [0.717, 1.165) is 6.07 Å². The number of amides is 1. The highest BCUT2D eigenvalue weighted by atomic mass is 19.1. The van der Waals surface area contributed by atoms with E-state index >= 15 is 0 Å². The summed E-state index contributed by atoms with van der Waals surface area (Å²) >= 11 is 0. The lowest BCUT2D eigenvalue weighted by atomic mass is 9.60. The molecule has 1 aromatic carbocycles. The zero-order valence-corrected chi connectivity index (χ0v) is 14.9. The van der Waals surface area contributed by atoms with Crippen molar-refractivity contribution < 1.29 is 39.2 Å². The Hall–Kier alpha value is -3.40. The summed E-state index contributed by atoms with van der Waals surface area (Å²) in [6, 6.07) is 1.02. The maximum Gasteiger partial charge on any atom is 0.255 e. The molecular weight excluding hydrogens is 387 g/mol. The van der Waals surface area contributed by atoms with E-state index in [2.05, 4.69) is 0 Å². The van der Waals surface area contributed by atoms with Crippen molar-refractivity contribution in [3.8, 4) is 5.75 Å². The number of benzene rings is 1. The predicted octanol–water partition coefficient (Wildman–Crippen LogP) is 0.302. The number of fused-ring (bicyclic) bond motifs is 3. The number of aliphatic hydroxyl groups excluding tert-OH is 2. The normalized spacial score (nSPS) is 28.8. The molecule has 0 heterocycles. The van der Waals surface area contributed by atoms with Crippen molar-refractivity contribution in [1.82, 2.24) is 0 Å². The van der Waals surface area contributed by atoms with E-state index in [-0.39, 0.29) is 36.0 Å². The minimum atomic E-state index is -2.63. The summed E-state index contributed by atoms with van der Waals surface area (Å²) < 4.78 is 13.9. The molecule has 0 saturated carbocycles. The molecule has 152 valence electrons. The lowest BCUT2D eigenvalue weighted by Crippen LogP contribution is -2.57. The standard InChI is InChI=1S/C19H17FN2O7/c20-8-3-6-1-5-2-7-4-9(23)12(18(22)28)17(27)19(7,29)16(26)11(5)14(24)10(6)15(25)13(8)21/h3,5,7,23,25-26,29H,1-2,4,21H2,(H2,22,28)/t5-,7-,19-/m0/s1. The van der Waals surface area contributed by atoms with Crippen LogP contribution in [0.3, 0.4) is 0 Å². The summed E-state index contributed by atoms with van der Waals surface area (Å²) in [5.41, 5.74) is 5.98. The second-order valence-electron chi connectivity index (χ2n) is 7.57. The SMILES string of the molecule is NC(=O)C1=C(O)C[C@@H]2C[C@@H]3Cc4cc(F)c(N)c(O)c4C(=O)C3=C(O)[C@]2(O)C1=O. The van der Waals surface area contributed by atoms with E-state index in [1.807, 2.05) is 0 Å². The minimum Gasteiger partial charge on any atom is -0.511 e. The molecule has 29 heavy (non-hydrogen) atoms. The topological polar surface area (TPSA) is 184 Å². The van der Waals surface area contributed by atoms with Crippen molar-refractivity contribution in [1.29, 1.82) is 0 Å². The number of nitrogens with two attached hydrogens (primary N) is 2. The van der Waals surface area contributed by atoms with Crippen LogP contribution in [0.25, 0.3) is 0 Å². The number of halogens is 1. The van der Waals surface area contributed by atoms with Gasteiger partial charge in [-0.05, 0) is 30.4 Å². The Morgan fingerprint density at radius 1 is 1.21 bits per heavy atom. The number of phenols is 1. The second-order valence-corrected chi connectivity index (χ2v) is 7.57. The predicted molar refractivity (Wildman–Crippen MR) is 95.2 cm³/mol. The molecule has 0 saturated heterocycles. The van der Waals surface area contributed by atoms with Gasteiger partial charge in [0.05, 0.1) is 5.56 Å². The van der Waals surface area contributed by atoms with Crippen LogP contribution in [0.15, 0.2) is 28.7 Å². The third-order valence-electron chi connectivity index (χ3n) is 6.04. The Balaban J connectivity index is 1.92. The number of carbonyl (C=O) groups is 3. The number of aromatic hydroxyl groups is 1. The number of ketones is 2. The van der Waals surface area contributed by atoms with Gasteiger partial charge in [-0.2, -0.15) is 0 Å². The van der Waals surface area contributed by atoms with Crippen molar-refractivity contribution in [3.05, 3.63) is 45.7 Å². The van der Waals surface area contributed by atoms with Crippen molar-refractivity contribution in [3.63, 3.8) is 0 Å². The number of primary amides is 1. The summed E-state index contributed by atoms with van der Waals surface area (Å²) in [5, 5.41) is 42.0. The quantitative estimate of drug-likeness (QED) is 0.219. The van der Waals surface area contributed by atoms with Crippen molar-refractivity contribution in [2.75, 3.05) is 5.73 Å². The van der Waals surface area contributed by atoms with E-state index in [9.17, 15) is 39.2 Å². The summed E-state index contributed by atoms with van der Waals surface area (Å²) in [7, 11) is 0. The molecule has 10 heteroatoms. The van der Waals surface area contributed by atoms with Crippen LogP contribution >= 0.6 is 0 Å². The van der Waals surface area contributed by atoms with E-state index in [1.54, 1.807) is 0 Å². The maximum atomic E-state index is 13.9. The van der Waals surface area contributed by atoms with Crippen LogP contribution in [0.2, 0.25) is 0 Å². The number of carbonyl (C=O) groups excluding carboxylic acids is 3. The molecule has 3 aliphatic rings. The highest BCUT2D eigenvalue weighted by Crippen LogP contribution is 2.51. The molecular formula is C19H17FN2O7. The number of hydrogen-bond donors (Lipinski definition) is 6. The van der Waals surface area contributed by atoms with Crippen molar-refractivity contribution >= 4 is 23.2 Å². The van der Waals surface area contributed by atoms with Gasteiger partial charge in [0, 0.05) is 17.9 Å². The number of aliphatic hydroxyl groups is 3. The maximum absolute atomic E-state index is 13.9. The van der Waals surface area contributed by atoms with Crippen molar-refractivity contribution in [2.45, 2.75) is 24.9 Å². The number of nitrogen functional groups attached to an aromatic ring is 1. The monoisotopic (exact) mass is 404 g/mol. The van der Waals surface area contributed by atoms with Gasteiger partial charge >= 0.3 is 0 Å². The molecule has 0 radical (unpaired) electrons. The molecule has 3 atom stereocenters. The van der Waals surface area contributed by atoms with Gasteiger partial charge in [-0.3, -0.25) is 14.4 Å². The van der Waals surface area contributed by atoms with Crippen LogP contribution in [0.1, 0.15) is 28.8 Å². The Labute approximate surface area is 162 Å².